The normalized spacial score (nSPS) is 10.7. The summed E-state index contributed by atoms with van der Waals surface area (Å²) in [5.41, 5.74) is 13.7. The second-order valence-corrected chi connectivity index (χ2v) is 10.6. The fourth-order valence-corrected chi connectivity index (χ4v) is 4.58. The molecule has 0 saturated heterocycles. The van der Waals surface area contributed by atoms with Gasteiger partial charge in [0.25, 0.3) is 11.8 Å². The van der Waals surface area contributed by atoms with Crippen molar-refractivity contribution in [1.29, 1.82) is 0 Å². The molecule has 0 aromatic heterocycles. The molecule has 0 radical (unpaired) electrons. The van der Waals surface area contributed by atoms with E-state index < -0.39 is 0 Å². The van der Waals surface area contributed by atoms with Crippen LogP contribution in [0.2, 0.25) is 0 Å². The molecule has 0 aliphatic carbocycles. The van der Waals surface area contributed by atoms with Gasteiger partial charge in [0.2, 0.25) is 11.8 Å². The van der Waals surface area contributed by atoms with Crippen LogP contribution in [0.15, 0.2) is 72.8 Å². The van der Waals surface area contributed by atoms with Gasteiger partial charge in [-0.15, -0.1) is 0 Å². The minimum atomic E-state index is -0.353. The maximum Gasteiger partial charge on any atom is 0.272 e. The molecule has 0 unspecified atom stereocenters. The molecular formula is C34H44N6O4. The number of hydrazine groups is 2. The number of hydrogen-bond acceptors (Lipinski definition) is 6. The average Bonchev–Trinajstić information content (AvgIpc) is 3.05. The lowest BCUT2D eigenvalue weighted by atomic mass is 10.1. The third kappa shape index (κ3) is 9.48. The standard InChI is InChI=1S/C34H44N6O4/c1-5-7-31(41)39(23-27-13-9-25(21-35)10-14-27)37-22-26-11-15-28(16-12-26)24-40(32(42)8-6-2)38(4)34(44)30-19-17-29(18-20-30)33(43)36-3/h9-20,37H,5-8,21-24,35H2,1-4H3,(H,36,43). The van der Waals surface area contributed by atoms with Crippen molar-refractivity contribution in [3.8, 4) is 0 Å². The van der Waals surface area contributed by atoms with Gasteiger partial charge in [-0.3, -0.25) is 29.2 Å². The highest BCUT2D eigenvalue weighted by Crippen LogP contribution is 2.16. The molecule has 0 saturated carbocycles. The van der Waals surface area contributed by atoms with E-state index in [1.165, 1.54) is 10.0 Å². The summed E-state index contributed by atoms with van der Waals surface area (Å²) in [7, 11) is 3.12. The zero-order valence-corrected chi connectivity index (χ0v) is 26.1. The number of rotatable bonds is 14. The Balaban J connectivity index is 1.69. The van der Waals surface area contributed by atoms with Crippen LogP contribution in [0.1, 0.15) is 82.5 Å². The van der Waals surface area contributed by atoms with E-state index >= 15 is 0 Å². The number of hydrogen-bond donors (Lipinski definition) is 3. The fraction of sp³-hybridized carbons (Fsp3) is 0.353. The van der Waals surface area contributed by atoms with E-state index in [-0.39, 0.29) is 30.2 Å². The van der Waals surface area contributed by atoms with Crippen LogP contribution in [0.4, 0.5) is 0 Å². The summed E-state index contributed by atoms with van der Waals surface area (Å²) in [6.45, 7) is 5.46. The highest BCUT2D eigenvalue weighted by atomic mass is 16.2. The molecule has 0 aliphatic rings. The Labute approximate surface area is 260 Å². The number of carbonyl (C=O) groups is 4. The quantitative estimate of drug-likeness (QED) is 0.239. The lowest BCUT2D eigenvalue weighted by Crippen LogP contribution is -2.46. The number of carbonyl (C=O) groups excluding carboxylic acids is 4. The smallest absolute Gasteiger partial charge is 0.272 e. The van der Waals surface area contributed by atoms with Gasteiger partial charge in [-0.1, -0.05) is 62.4 Å². The summed E-state index contributed by atoms with van der Waals surface area (Å²) in [6.07, 6.45) is 2.14. The summed E-state index contributed by atoms with van der Waals surface area (Å²) in [5, 5.41) is 6.99. The molecule has 10 heteroatoms. The van der Waals surface area contributed by atoms with Gasteiger partial charge in [-0.05, 0) is 59.4 Å². The van der Waals surface area contributed by atoms with E-state index in [2.05, 4.69) is 10.7 Å². The number of nitrogens with two attached hydrogens (primary N) is 1. The van der Waals surface area contributed by atoms with Crippen molar-refractivity contribution in [1.82, 2.24) is 25.8 Å². The van der Waals surface area contributed by atoms with E-state index in [1.807, 2.05) is 62.4 Å². The first-order valence-electron chi connectivity index (χ1n) is 15.0. The summed E-state index contributed by atoms with van der Waals surface area (Å²) < 4.78 is 0. The second-order valence-electron chi connectivity index (χ2n) is 10.6. The first-order valence-corrected chi connectivity index (χ1v) is 15.0. The van der Waals surface area contributed by atoms with Crippen LogP contribution >= 0.6 is 0 Å². The van der Waals surface area contributed by atoms with E-state index in [9.17, 15) is 19.2 Å². The predicted octanol–water partition coefficient (Wildman–Crippen LogP) is 4.15. The van der Waals surface area contributed by atoms with Crippen LogP contribution in [0.25, 0.3) is 0 Å². The molecule has 0 aliphatic heterocycles. The highest BCUT2D eigenvalue weighted by molar-refractivity contribution is 5.98. The SMILES string of the molecule is CCCC(=O)N(Cc1ccc(CN)cc1)NCc1ccc(CN(C(=O)CCC)N(C)C(=O)c2ccc(C(=O)NC)cc2)cc1. The molecular weight excluding hydrogens is 556 g/mol. The van der Waals surface area contributed by atoms with Gasteiger partial charge < -0.3 is 11.1 Å². The third-order valence-electron chi connectivity index (χ3n) is 7.22. The molecule has 4 amide bonds. The molecule has 0 spiro atoms. The Bertz CT molecular complexity index is 1390. The summed E-state index contributed by atoms with van der Waals surface area (Å²) in [6, 6.07) is 22.0. The van der Waals surface area contributed by atoms with Crippen molar-refractivity contribution in [3.05, 3.63) is 106 Å². The third-order valence-corrected chi connectivity index (χ3v) is 7.22. The highest BCUT2D eigenvalue weighted by Gasteiger charge is 2.24. The first-order chi connectivity index (χ1) is 21.2. The maximum atomic E-state index is 13.3. The minimum absolute atomic E-state index is 0.0214. The van der Waals surface area contributed by atoms with Crippen molar-refractivity contribution in [3.63, 3.8) is 0 Å². The van der Waals surface area contributed by atoms with Crippen LogP contribution in [-0.4, -0.2) is 52.8 Å². The van der Waals surface area contributed by atoms with Crippen molar-refractivity contribution in [2.45, 2.75) is 65.7 Å². The van der Waals surface area contributed by atoms with E-state index in [0.29, 0.717) is 50.0 Å². The van der Waals surface area contributed by atoms with E-state index in [0.717, 1.165) is 28.7 Å². The molecule has 0 heterocycles. The van der Waals surface area contributed by atoms with Gasteiger partial charge in [0.05, 0.1) is 13.1 Å². The molecule has 3 rings (SSSR count). The molecule has 3 aromatic carbocycles. The molecule has 0 bridgehead atoms. The Morgan fingerprint density at radius 3 is 1.73 bits per heavy atom. The molecule has 0 fully saturated rings. The summed E-state index contributed by atoms with van der Waals surface area (Å²) in [4.78, 5) is 51.1. The summed E-state index contributed by atoms with van der Waals surface area (Å²) >= 11 is 0. The number of amides is 4. The van der Waals surface area contributed by atoms with Crippen LogP contribution in [0.5, 0.6) is 0 Å². The van der Waals surface area contributed by atoms with Gasteiger partial charge in [0.1, 0.15) is 0 Å². The van der Waals surface area contributed by atoms with Crippen LogP contribution in [0, 0.1) is 0 Å². The number of nitrogens with zero attached hydrogens (tertiary/aromatic N) is 3. The van der Waals surface area contributed by atoms with Gasteiger partial charge in [-0.25, -0.2) is 10.4 Å². The zero-order chi connectivity index (χ0) is 32.1. The van der Waals surface area contributed by atoms with Crippen LogP contribution in [-0.2, 0) is 35.8 Å². The molecule has 44 heavy (non-hydrogen) atoms. The van der Waals surface area contributed by atoms with Crippen molar-refractivity contribution in [2.75, 3.05) is 14.1 Å². The molecule has 4 N–H and O–H groups in total. The summed E-state index contributed by atoms with van der Waals surface area (Å²) in [5.74, 6) is -0.740. The zero-order valence-electron chi connectivity index (χ0n) is 26.1. The van der Waals surface area contributed by atoms with Gasteiger partial charge >= 0.3 is 0 Å². The Hall–Kier alpha value is -4.54. The largest absolute Gasteiger partial charge is 0.355 e. The van der Waals surface area contributed by atoms with Gasteiger partial charge in [-0.2, -0.15) is 0 Å². The fourth-order valence-electron chi connectivity index (χ4n) is 4.58. The molecule has 234 valence electrons. The second kappa shape index (κ2) is 16.9. The lowest BCUT2D eigenvalue weighted by molar-refractivity contribution is -0.144. The molecule has 3 aromatic rings. The van der Waals surface area contributed by atoms with Gasteiger partial charge in [0.15, 0.2) is 0 Å². The van der Waals surface area contributed by atoms with Crippen LogP contribution < -0.4 is 16.5 Å². The van der Waals surface area contributed by atoms with E-state index in [4.69, 9.17) is 5.73 Å². The Morgan fingerprint density at radius 1 is 0.682 bits per heavy atom. The lowest BCUT2D eigenvalue weighted by Gasteiger charge is -2.32. The topological polar surface area (TPSA) is 128 Å². The number of benzene rings is 3. The monoisotopic (exact) mass is 600 g/mol. The van der Waals surface area contributed by atoms with E-state index in [1.54, 1.807) is 43.4 Å². The average molecular weight is 601 g/mol. The van der Waals surface area contributed by atoms with Crippen molar-refractivity contribution in [2.24, 2.45) is 5.73 Å². The molecule has 0 atom stereocenters. The Morgan fingerprint density at radius 2 is 1.18 bits per heavy atom. The van der Waals surface area contributed by atoms with Gasteiger partial charge in [0, 0.05) is 51.2 Å². The molecule has 10 nitrogen and oxygen atoms in total. The minimum Gasteiger partial charge on any atom is -0.355 e. The van der Waals surface area contributed by atoms with Crippen LogP contribution in [0.3, 0.4) is 0 Å². The first kappa shape index (κ1) is 34.0. The van der Waals surface area contributed by atoms with Crippen molar-refractivity contribution >= 4 is 23.6 Å². The van der Waals surface area contributed by atoms with Crippen molar-refractivity contribution < 1.29 is 19.2 Å². The Kier molecular flexibility index (Phi) is 13.1. The predicted molar refractivity (Wildman–Crippen MR) is 170 cm³/mol. The number of nitrogens with one attached hydrogen (secondary N) is 2. The maximum absolute atomic E-state index is 13.3.